The second-order valence-corrected chi connectivity index (χ2v) is 3.53. The van der Waals surface area contributed by atoms with Crippen molar-refractivity contribution in [1.82, 2.24) is 5.32 Å². The van der Waals surface area contributed by atoms with Gasteiger partial charge in [0, 0.05) is 0 Å². The maximum atomic E-state index is 3.34. The van der Waals surface area contributed by atoms with E-state index in [1.54, 1.807) is 0 Å². The van der Waals surface area contributed by atoms with E-state index in [1.165, 1.54) is 16.7 Å². The van der Waals surface area contributed by atoms with Crippen LogP contribution in [0.4, 0.5) is 0 Å². The van der Waals surface area contributed by atoms with Gasteiger partial charge in [-0.2, -0.15) is 0 Å². The molecular weight excluding hydrogens is 158 g/mol. The first-order valence-corrected chi connectivity index (χ1v) is 5.01. The highest BCUT2D eigenvalue weighted by atomic mass is 14.8. The molecular formula is C12H19N. The summed E-state index contributed by atoms with van der Waals surface area (Å²) in [6.07, 6.45) is 1.14. The zero-order chi connectivity index (χ0) is 9.68. The Hall–Kier alpha value is -0.820. The standard InChI is InChI=1S/C12H19N/c1-4-13-8-7-12-9-10(2)5-6-11(12)3/h5-6,9,13H,4,7-8H2,1-3H3. The quantitative estimate of drug-likeness (QED) is 0.697. The fourth-order valence-electron chi connectivity index (χ4n) is 1.47. The predicted octanol–water partition coefficient (Wildman–Crippen LogP) is 2.46. The monoisotopic (exact) mass is 177 g/mol. The molecule has 0 aliphatic heterocycles. The molecule has 0 aromatic heterocycles. The molecule has 1 aromatic rings. The fourth-order valence-corrected chi connectivity index (χ4v) is 1.47. The van der Waals surface area contributed by atoms with Gasteiger partial charge in [0.1, 0.15) is 0 Å². The number of hydrogen-bond donors (Lipinski definition) is 1. The minimum atomic E-state index is 1.06. The molecule has 0 heterocycles. The van der Waals surface area contributed by atoms with Crippen molar-refractivity contribution in [3.63, 3.8) is 0 Å². The summed E-state index contributed by atoms with van der Waals surface area (Å²) in [7, 11) is 0. The van der Waals surface area contributed by atoms with Crippen LogP contribution in [0.25, 0.3) is 0 Å². The molecule has 1 nitrogen and oxygen atoms in total. The third kappa shape index (κ3) is 3.19. The molecule has 0 radical (unpaired) electrons. The molecule has 0 fully saturated rings. The van der Waals surface area contributed by atoms with E-state index in [-0.39, 0.29) is 0 Å². The Kier molecular flexibility index (Phi) is 3.97. The number of benzene rings is 1. The van der Waals surface area contributed by atoms with E-state index in [2.05, 4.69) is 44.3 Å². The summed E-state index contributed by atoms with van der Waals surface area (Å²) in [4.78, 5) is 0. The highest BCUT2D eigenvalue weighted by Gasteiger charge is 1.97. The smallest absolute Gasteiger partial charge is 0.000837 e. The second-order valence-electron chi connectivity index (χ2n) is 3.53. The zero-order valence-electron chi connectivity index (χ0n) is 8.85. The van der Waals surface area contributed by atoms with Crippen molar-refractivity contribution in [2.45, 2.75) is 27.2 Å². The Balaban J connectivity index is 2.59. The van der Waals surface area contributed by atoms with Gasteiger partial charge in [-0.05, 0) is 44.5 Å². The molecule has 0 spiro atoms. The summed E-state index contributed by atoms with van der Waals surface area (Å²) in [5.41, 5.74) is 4.24. The normalized spacial score (nSPS) is 10.4. The van der Waals surface area contributed by atoms with Crippen LogP contribution in [0.2, 0.25) is 0 Å². The molecule has 0 saturated carbocycles. The Morgan fingerprint density at radius 1 is 1.23 bits per heavy atom. The van der Waals surface area contributed by atoms with Crippen LogP contribution < -0.4 is 5.32 Å². The Morgan fingerprint density at radius 2 is 2.00 bits per heavy atom. The van der Waals surface area contributed by atoms with E-state index in [0.717, 1.165) is 19.5 Å². The molecule has 0 bridgehead atoms. The maximum Gasteiger partial charge on any atom is -0.000837 e. The summed E-state index contributed by atoms with van der Waals surface area (Å²) in [5, 5.41) is 3.34. The molecule has 72 valence electrons. The number of nitrogens with one attached hydrogen (secondary N) is 1. The first-order valence-electron chi connectivity index (χ1n) is 5.01. The van der Waals surface area contributed by atoms with Gasteiger partial charge < -0.3 is 5.32 Å². The average molecular weight is 177 g/mol. The molecule has 13 heavy (non-hydrogen) atoms. The molecule has 1 N–H and O–H groups in total. The molecule has 1 heteroatoms. The van der Waals surface area contributed by atoms with Crippen LogP contribution in [-0.2, 0) is 6.42 Å². The largest absolute Gasteiger partial charge is 0.317 e. The summed E-state index contributed by atoms with van der Waals surface area (Å²) < 4.78 is 0. The van der Waals surface area contributed by atoms with Crippen molar-refractivity contribution in [2.24, 2.45) is 0 Å². The molecule has 1 aromatic carbocycles. The average Bonchev–Trinajstić information content (AvgIpc) is 2.11. The van der Waals surface area contributed by atoms with Gasteiger partial charge in [-0.3, -0.25) is 0 Å². The Labute approximate surface area is 81.2 Å². The van der Waals surface area contributed by atoms with E-state index < -0.39 is 0 Å². The summed E-state index contributed by atoms with van der Waals surface area (Å²) in [6.45, 7) is 8.62. The number of rotatable bonds is 4. The maximum absolute atomic E-state index is 3.34. The number of hydrogen-bond acceptors (Lipinski definition) is 1. The number of aryl methyl sites for hydroxylation is 2. The lowest BCUT2D eigenvalue weighted by molar-refractivity contribution is 0.714. The van der Waals surface area contributed by atoms with Gasteiger partial charge in [0.05, 0.1) is 0 Å². The first kappa shape index (κ1) is 10.3. The molecule has 0 unspecified atom stereocenters. The van der Waals surface area contributed by atoms with E-state index in [0.29, 0.717) is 0 Å². The van der Waals surface area contributed by atoms with Crippen molar-refractivity contribution in [2.75, 3.05) is 13.1 Å². The van der Waals surface area contributed by atoms with E-state index in [4.69, 9.17) is 0 Å². The van der Waals surface area contributed by atoms with Gasteiger partial charge >= 0.3 is 0 Å². The van der Waals surface area contributed by atoms with E-state index in [1.807, 2.05) is 0 Å². The third-order valence-electron chi connectivity index (χ3n) is 2.33. The van der Waals surface area contributed by atoms with Crippen LogP contribution in [0, 0.1) is 13.8 Å². The number of likely N-dealkylation sites (N-methyl/N-ethyl adjacent to an activating group) is 1. The molecule has 0 amide bonds. The van der Waals surface area contributed by atoms with Crippen molar-refractivity contribution < 1.29 is 0 Å². The van der Waals surface area contributed by atoms with Gasteiger partial charge in [-0.1, -0.05) is 30.7 Å². The van der Waals surface area contributed by atoms with Crippen LogP contribution in [0.5, 0.6) is 0 Å². The highest BCUT2D eigenvalue weighted by molar-refractivity contribution is 5.30. The van der Waals surface area contributed by atoms with Crippen LogP contribution in [0.3, 0.4) is 0 Å². The predicted molar refractivity (Wildman–Crippen MR) is 58.2 cm³/mol. The van der Waals surface area contributed by atoms with Gasteiger partial charge in [-0.15, -0.1) is 0 Å². The van der Waals surface area contributed by atoms with Crippen LogP contribution >= 0.6 is 0 Å². The van der Waals surface area contributed by atoms with Gasteiger partial charge in [0.2, 0.25) is 0 Å². The summed E-state index contributed by atoms with van der Waals surface area (Å²) in [6, 6.07) is 6.66. The van der Waals surface area contributed by atoms with Crippen molar-refractivity contribution in [3.05, 3.63) is 34.9 Å². The minimum Gasteiger partial charge on any atom is -0.317 e. The van der Waals surface area contributed by atoms with Crippen LogP contribution in [0.1, 0.15) is 23.6 Å². The third-order valence-corrected chi connectivity index (χ3v) is 2.33. The van der Waals surface area contributed by atoms with Gasteiger partial charge in [0.25, 0.3) is 0 Å². The lowest BCUT2D eigenvalue weighted by atomic mass is 10.0. The lowest BCUT2D eigenvalue weighted by Crippen LogP contribution is -2.16. The zero-order valence-corrected chi connectivity index (χ0v) is 8.85. The topological polar surface area (TPSA) is 12.0 Å². The van der Waals surface area contributed by atoms with Gasteiger partial charge in [0.15, 0.2) is 0 Å². The minimum absolute atomic E-state index is 1.06. The van der Waals surface area contributed by atoms with Gasteiger partial charge in [-0.25, -0.2) is 0 Å². The van der Waals surface area contributed by atoms with Crippen molar-refractivity contribution in [1.29, 1.82) is 0 Å². The van der Waals surface area contributed by atoms with E-state index in [9.17, 15) is 0 Å². The second kappa shape index (κ2) is 5.03. The fraction of sp³-hybridized carbons (Fsp3) is 0.500. The Morgan fingerprint density at radius 3 is 2.69 bits per heavy atom. The van der Waals surface area contributed by atoms with Crippen molar-refractivity contribution >= 4 is 0 Å². The first-order chi connectivity index (χ1) is 6.24. The lowest BCUT2D eigenvalue weighted by Gasteiger charge is -2.07. The molecule has 0 aliphatic rings. The SMILES string of the molecule is CCNCCc1cc(C)ccc1C. The van der Waals surface area contributed by atoms with Crippen molar-refractivity contribution in [3.8, 4) is 0 Å². The summed E-state index contributed by atoms with van der Waals surface area (Å²) >= 11 is 0. The highest BCUT2D eigenvalue weighted by Crippen LogP contribution is 2.10. The molecule has 0 saturated heterocycles. The van der Waals surface area contributed by atoms with Crippen LogP contribution in [-0.4, -0.2) is 13.1 Å². The summed E-state index contributed by atoms with van der Waals surface area (Å²) in [5.74, 6) is 0. The molecule has 0 aliphatic carbocycles. The molecule has 0 atom stereocenters. The van der Waals surface area contributed by atoms with E-state index >= 15 is 0 Å². The molecule has 1 rings (SSSR count). The van der Waals surface area contributed by atoms with Crippen LogP contribution in [0.15, 0.2) is 18.2 Å². The Bertz CT molecular complexity index is 266.